The van der Waals surface area contributed by atoms with Crippen molar-refractivity contribution in [3.05, 3.63) is 0 Å². The first-order valence-electron chi connectivity index (χ1n) is 6.62. The van der Waals surface area contributed by atoms with E-state index in [4.69, 9.17) is 4.74 Å². The van der Waals surface area contributed by atoms with Crippen LogP contribution in [0.2, 0.25) is 0 Å². The first kappa shape index (κ1) is 12.3. The molecule has 1 N–H and O–H groups in total. The molecule has 0 amide bonds. The number of hydrogen-bond acceptors (Lipinski definition) is 3. The van der Waals surface area contributed by atoms with Crippen LogP contribution in [0.1, 0.15) is 39.5 Å². The molecule has 1 saturated heterocycles. The zero-order valence-electron chi connectivity index (χ0n) is 11.0. The third-order valence-corrected chi connectivity index (χ3v) is 3.82. The average molecular weight is 226 g/mol. The Labute approximate surface area is 99.5 Å². The molecule has 2 aliphatic rings. The van der Waals surface area contributed by atoms with E-state index in [-0.39, 0.29) is 5.54 Å². The van der Waals surface area contributed by atoms with Gasteiger partial charge in [-0.1, -0.05) is 0 Å². The molecular formula is C13H26N2O. The van der Waals surface area contributed by atoms with Crippen LogP contribution in [0.4, 0.5) is 0 Å². The van der Waals surface area contributed by atoms with E-state index in [0.29, 0.717) is 6.04 Å². The van der Waals surface area contributed by atoms with Crippen LogP contribution in [0.15, 0.2) is 0 Å². The summed E-state index contributed by atoms with van der Waals surface area (Å²) in [6.07, 6.45) is 5.43. The van der Waals surface area contributed by atoms with Gasteiger partial charge in [0.05, 0.1) is 6.61 Å². The minimum Gasteiger partial charge on any atom is -0.383 e. The predicted octanol–water partition coefficient (Wildman–Crippen LogP) is 1.63. The van der Waals surface area contributed by atoms with Gasteiger partial charge < -0.3 is 10.1 Å². The van der Waals surface area contributed by atoms with Crippen molar-refractivity contribution in [1.82, 2.24) is 10.2 Å². The van der Waals surface area contributed by atoms with E-state index in [1.165, 1.54) is 38.8 Å². The van der Waals surface area contributed by atoms with Crippen molar-refractivity contribution in [3.8, 4) is 0 Å². The topological polar surface area (TPSA) is 24.5 Å². The van der Waals surface area contributed by atoms with E-state index >= 15 is 0 Å². The number of methoxy groups -OCH3 is 1. The number of piperidine rings is 1. The summed E-state index contributed by atoms with van der Waals surface area (Å²) in [6.45, 7) is 7.81. The number of rotatable bonds is 5. The summed E-state index contributed by atoms with van der Waals surface area (Å²) in [5, 5.41) is 3.75. The van der Waals surface area contributed by atoms with Crippen molar-refractivity contribution in [2.45, 2.75) is 57.2 Å². The van der Waals surface area contributed by atoms with Crippen molar-refractivity contribution in [2.24, 2.45) is 0 Å². The Morgan fingerprint density at radius 2 is 2.00 bits per heavy atom. The van der Waals surface area contributed by atoms with Gasteiger partial charge in [-0.3, -0.25) is 4.90 Å². The summed E-state index contributed by atoms with van der Waals surface area (Å²) in [5.41, 5.74) is 0.179. The summed E-state index contributed by atoms with van der Waals surface area (Å²) < 4.78 is 5.33. The molecule has 1 unspecified atom stereocenters. The first-order valence-corrected chi connectivity index (χ1v) is 6.62. The lowest BCUT2D eigenvalue weighted by atomic mass is 9.97. The van der Waals surface area contributed by atoms with Gasteiger partial charge in [0.1, 0.15) is 0 Å². The number of likely N-dealkylation sites (tertiary alicyclic amines) is 1. The largest absolute Gasteiger partial charge is 0.383 e. The van der Waals surface area contributed by atoms with E-state index < -0.39 is 0 Å². The molecule has 0 aromatic rings. The maximum atomic E-state index is 5.33. The molecule has 1 heterocycles. The van der Waals surface area contributed by atoms with E-state index in [9.17, 15) is 0 Å². The average Bonchev–Trinajstić information content (AvgIpc) is 3.02. The molecular weight excluding hydrogens is 200 g/mol. The van der Waals surface area contributed by atoms with Gasteiger partial charge >= 0.3 is 0 Å². The molecule has 0 spiro atoms. The lowest BCUT2D eigenvalue weighted by Crippen LogP contribution is -2.55. The van der Waals surface area contributed by atoms with E-state index in [2.05, 4.69) is 24.1 Å². The van der Waals surface area contributed by atoms with Crippen LogP contribution < -0.4 is 5.32 Å². The highest BCUT2D eigenvalue weighted by molar-refractivity contribution is 4.92. The Bertz CT molecular complexity index is 226. The minimum atomic E-state index is 0.179. The second-order valence-electron chi connectivity index (χ2n) is 5.97. The zero-order valence-corrected chi connectivity index (χ0v) is 11.0. The van der Waals surface area contributed by atoms with E-state index in [0.717, 1.165) is 12.6 Å². The number of nitrogens with one attached hydrogen (secondary N) is 1. The Morgan fingerprint density at radius 3 is 2.62 bits per heavy atom. The van der Waals surface area contributed by atoms with E-state index in [1.54, 1.807) is 7.11 Å². The van der Waals surface area contributed by atoms with Gasteiger partial charge in [-0.25, -0.2) is 0 Å². The zero-order chi connectivity index (χ0) is 11.6. The highest BCUT2D eigenvalue weighted by Crippen LogP contribution is 2.25. The summed E-state index contributed by atoms with van der Waals surface area (Å²) >= 11 is 0. The Morgan fingerprint density at radius 1 is 1.25 bits per heavy atom. The second-order valence-corrected chi connectivity index (χ2v) is 5.97. The van der Waals surface area contributed by atoms with Gasteiger partial charge in [-0.15, -0.1) is 0 Å². The summed E-state index contributed by atoms with van der Waals surface area (Å²) in [4.78, 5) is 2.58. The van der Waals surface area contributed by atoms with Gasteiger partial charge in [-0.05, 0) is 46.1 Å². The highest BCUT2D eigenvalue weighted by Gasteiger charge is 2.33. The van der Waals surface area contributed by atoms with E-state index in [1.807, 2.05) is 0 Å². The third kappa shape index (κ3) is 3.19. The molecule has 94 valence electrons. The molecule has 2 fully saturated rings. The van der Waals surface area contributed by atoms with Crippen LogP contribution in [-0.2, 0) is 4.74 Å². The van der Waals surface area contributed by atoms with Crippen molar-refractivity contribution in [2.75, 3.05) is 26.8 Å². The van der Waals surface area contributed by atoms with Crippen molar-refractivity contribution in [3.63, 3.8) is 0 Å². The van der Waals surface area contributed by atoms with Crippen LogP contribution in [0.3, 0.4) is 0 Å². The molecule has 2 rings (SSSR count). The van der Waals surface area contributed by atoms with Gasteiger partial charge in [0.25, 0.3) is 0 Å². The monoisotopic (exact) mass is 226 g/mol. The number of nitrogens with zero attached hydrogens (tertiary/aromatic N) is 1. The third-order valence-electron chi connectivity index (χ3n) is 3.82. The molecule has 1 aliphatic heterocycles. The SMILES string of the molecule is COCC(C)(C)N1CCCC(NC2CC2)C1. The second kappa shape index (κ2) is 5.03. The van der Waals surface area contributed by atoms with Gasteiger partial charge in [0.15, 0.2) is 0 Å². The van der Waals surface area contributed by atoms with Crippen LogP contribution in [-0.4, -0.2) is 49.3 Å². The van der Waals surface area contributed by atoms with Gasteiger partial charge in [0, 0.05) is 31.3 Å². The van der Waals surface area contributed by atoms with Crippen LogP contribution in [0.25, 0.3) is 0 Å². The predicted molar refractivity (Wildman–Crippen MR) is 66.7 cm³/mol. The fraction of sp³-hybridized carbons (Fsp3) is 1.00. The quantitative estimate of drug-likeness (QED) is 0.771. The fourth-order valence-electron chi connectivity index (χ4n) is 2.69. The molecule has 1 aliphatic carbocycles. The van der Waals surface area contributed by atoms with Gasteiger partial charge in [0.2, 0.25) is 0 Å². The lowest BCUT2D eigenvalue weighted by molar-refractivity contribution is 0.0135. The lowest BCUT2D eigenvalue weighted by Gasteiger charge is -2.43. The normalized spacial score (nSPS) is 28.3. The molecule has 0 radical (unpaired) electrons. The summed E-state index contributed by atoms with van der Waals surface area (Å²) in [6, 6.07) is 1.54. The van der Waals surface area contributed by atoms with Crippen LogP contribution in [0.5, 0.6) is 0 Å². The first-order chi connectivity index (χ1) is 7.62. The summed E-state index contributed by atoms with van der Waals surface area (Å²) in [7, 11) is 1.80. The number of ether oxygens (including phenoxy) is 1. The van der Waals surface area contributed by atoms with Crippen molar-refractivity contribution in [1.29, 1.82) is 0 Å². The molecule has 0 aromatic carbocycles. The Hall–Kier alpha value is -0.120. The molecule has 3 heteroatoms. The van der Waals surface area contributed by atoms with Gasteiger partial charge in [-0.2, -0.15) is 0 Å². The molecule has 3 nitrogen and oxygen atoms in total. The van der Waals surface area contributed by atoms with Crippen LogP contribution in [0, 0.1) is 0 Å². The smallest absolute Gasteiger partial charge is 0.0641 e. The Kier molecular flexibility index (Phi) is 3.88. The number of hydrogen-bond donors (Lipinski definition) is 1. The molecule has 0 aromatic heterocycles. The molecule has 1 atom stereocenters. The highest BCUT2D eigenvalue weighted by atomic mass is 16.5. The maximum Gasteiger partial charge on any atom is 0.0641 e. The molecule has 0 bridgehead atoms. The summed E-state index contributed by atoms with van der Waals surface area (Å²) in [5.74, 6) is 0. The van der Waals surface area contributed by atoms with Crippen molar-refractivity contribution >= 4 is 0 Å². The van der Waals surface area contributed by atoms with Crippen molar-refractivity contribution < 1.29 is 4.74 Å². The molecule has 1 saturated carbocycles. The Balaban J connectivity index is 1.84. The molecule has 16 heavy (non-hydrogen) atoms. The standard InChI is InChI=1S/C13H26N2O/c1-13(2,10-16-3)15-8-4-5-12(9-15)14-11-6-7-11/h11-12,14H,4-10H2,1-3H3. The van der Waals surface area contributed by atoms with Crippen LogP contribution >= 0.6 is 0 Å². The fourth-order valence-corrected chi connectivity index (χ4v) is 2.69. The minimum absolute atomic E-state index is 0.179. The maximum absolute atomic E-state index is 5.33.